The van der Waals surface area contributed by atoms with E-state index in [2.05, 4.69) is 11.8 Å². The van der Waals surface area contributed by atoms with Gasteiger partial charge in [-0.1, -0.05) is 6.92 Å². The van der Waals surface area contributed by atoms with Crippen molar-refractivity contribution < 1.29 is 19.1 Å². The molecule has 1 aromatic carbocycles. The molecule has 168 valence electrons. The molecule has 0 saturated carbocycles. The average Bonchev–Trinajstić information content (AvgIpc) is 3.09. The highest BCUT2D eigenvalue weighted by molar-refractivity contribution is 6.22. The number of carbonyl (C=O) groups is 3. The predicted octanol–water partition coefficient (Wildman–Crippen LogP) is 2.69. The zero-order valence-electron chi connectivity index (χ0n) is 18.6. The molecule has 7 nitrogen and oxygen atoms in total. The van der Waals surface area contributed by atoms with Crippen LogP contribution in [0.4, 0.5) is 5.69 Å². The third kappa shape index (κ3) is 4.61. The van der Waals surface area contributed by atoms with Gasteiger partial charge in [-0.15, -0.1) is 0 Å². The van der Waals surface area contributed by atoms with Crippen LogP contribution in [0.25, 0.3) is 0 Å². The molecule has 3 aliphatic heterocycles. The molecule has 0 spiro atoms. The van der Waals surface area contributed by atoms with Gasteiger partial charge in [-0.05, 0) is 75.9 Å². The molecule has 0 aromatic heterocycles. The first-order valence-corrected chi connectivity index (χ1v) is 11.6. The van der Waals surface area contributed by atoms with Gasteiger partial charge in [0.15, 0.2) is 0 Å². The lowest BCUT2D eigenvalue weighted by molar-refractivity contribution is -0.138. The van der Waals surface area contributed by atoms with E-state index in [1.54, 1.807) is 24.3 Å². The first-order chi connectivity index (χ1) is 15.0. The minimum atomic E-state index is -0.425. The Labute approximate surface area is 184 Å². The first kappa shape index (κ1) is 21.8. The Hall–Kier alpha value is -2.41. The van der Waals surface area contributed by atoms with Crippen molar-refractivity contribution in [3.05, 3.63) is 24.3 Å². The molecule has 4 rings (SSSR count). The monoisotopic (exact) mass is 427 g/mol. The van der Waals surface area contributed by atoms with Gasteiger partial charge in [0, 0.05) is 19.0 Å². The van der Waals surface area contributed by atoms with Crippen molar-refractivity contribution in [2.45, 2.75) is 52.0 Å². The number of carbonyl (C=O) groups excluding carboxylic acids is 3. The van der Waals surface area contributed by atoms with E-state index in [0.29, 0.717) is 31.3 Å². The van der Waals surface area contributed by atoms with Crippen LogP contribution in [0.15, 0.2) is 24.3 Å². The summed E-state index contributed by atoms with van der Waals surface area (Å²) in [4.78, 5) is 44.0. The number of rotatable bonds is 5. The van der Waals surface area contributed by atoms with Gasteiger partial charge >= 0.3 is 0 Å². The number of hydrogen-bond donors (Lipinski definition) is 0. The maximum atomic E-state index is 13.1. The average molecular weight is 428 g/mol. The van der Waals surface area contributed by atoms with E-state index >= 15 is 0 Å². The van der Waals surface area contributed by atoms with Crippen LogP contribution in [0.5, 0.6) is 5.75 Å². The summed E-state index contributed by atoms with van der Waals surface area (Å²) >= 11 is 0. The Balaban J connectivity index is 1.34. The van der Waals surface area contributed by atoms with Crippen LogP contribution in [-0.4, -0.2) is 66.3 Å². The predicted molar refractivity (Wildman–Crippen MR) is 118 cm³/mol. The van der Waals surface area contributed by atoms with Gasteiger partial charge in [-0.2, -0.15) is 0 Å². The fourth-order valence-corrected chi connectivity index (χ4v) is 4.98. The van der Waals surface area contributed by atoms with Crippen LogP contribution in [0, 0.1) is 11.8 Å². The Bertz CT molecular complexity index is 809. The lowest BCUT2D eigenvalue weighted by atomic mass is 9.92. The maximum absolute atomic E-state index is 13.1. The van der Waals surface area contributed by atoms with Gasteiger partial charge in [0.25, 0.3) is 5.91 Å². The number of anilines is 1. The highest BCUT2D eigenvalue weighted by atomic mass is 16.5. The molecule has 0 aliphatic carbocycles. The number of likely N-dealkylation sites (tertiary alicyclic amines) is 2. The van der Waals surface area contributed by atoms with Crippen molar-refractivity contribution >= 4 is 23.4 Å². The summed E-state index contributed by atoms with van der Waals surface area (Å²) in [5.41, 5.74) is 0.588. The molecule has 0 N–H and O–H groups in total. The van der Waals surface area contributed by atoms with Crippen molar-refractivity contribution in [3.63, 3.8) is 0 Å². The Kier molecular flexibility index (Phi) is 6.60. The normalized spacial score (nSPS) is 24.1. The van der Waals surface area contributed by atoms with Crippen LogP contribution in [0.3, 0.4) is 0 Å². The lowest BCUT2D eigenvalue weighted by Gasteiger charge is -2.38. The van der Waals surface area contributed by atoms with Gasteiger partial charge < -0.3 is 9.64 Å². The van der Waals surface area contributed by atoms with Crippen LogP contribution in [-0.2, 0) is 14.4 Å². The molecular weight excluding hydrogens is 394 g/mol. The minimum absolute atomic E-state index is 0.0408. The number of amides is 3. The second-order valence-electron chi connectivity index (χ2n) is 9.03. The van der Waals surface area contributed by atoms with E-state index in [0.717, 1.165) is 44.5 Å². The minimum Gasteiger partial charge on any atom is -0.494 e. The van der Waals surface area contributed by atoms with Crippen LogP contribution in [0.2, 0.25) is 0 Å². The molecular formula is C24H33N3O4. The Morgan fingerprint density at radius 3 is 2.26 bits per heavy atom. The van der Waals surface area contributed by atoms with E-state index in [9.17, 15) is 14.4 Å². The molecule has 0 bridgehead atoms. The molecule has 7 heteroatoms. The molecule has 31 heavy (non-hydrogen) atoms. The summed E-state index contributed by atoms with van der Waals surface area (Å²) < 4.78 is 5.44. The van der Waals surface area contributed by atoms with Gasteiger partial charge in [0.1, 0.15) is 5.75 Å². The fourth-order valence-electron chi connectivity index (χ4n) is 4.98. The highest BCUT2D eigenvalue weighted by Crippen LogP contribution is 2.30. The topological polar surface area (TPSA) is 70.2 Å². The van der Waals surface area contributed by atoms with E-state index in [4.69, 9.17) is 4.74 Å². The van der Waals surface area contributed by atoms with Gasteiger partial charge in [0.2, 0.25) is 11.8 Å². The van der Waals surface area contributed by atoms with Crippen molar-refractivity contribution in [3.8, 4) is 5.75 Å². The molecule has 0 radical (unpaired) electrons. The summed E-state index contributed by atoms with van der Waals surface area (Å²) in [5, 5.41) is 0. The molecule has 3 aliphatic rings. The molecule has 3 heterocycles. The van der Waals surface area contributed by atoms with E-state index in [1.807, 2.05) is 11.8 Å². The second kappa shape index (κ2) is 9.39. The molecule has 3 fully saturated rings. The number of benzene rings is 1. The quantitative estimate of drug-likeness (QED) is 0.676. The van der Waals surface area contributed by atoms with Crippen LogP contribution < -0.4 is 9.64 Å². The van der Waals surface area contributed by atoms with Crippen LogP contribution >= 0.6 is 0 Å². The lowest BCUT2D eigenvalue weighted by Crippen LogP contribution is -2.49. The van der Waals surface area contributed by atoms with E-state index in [1.165, 1.54) is 4.90 Å². The van der Waals surface area contributed by atoms with Crippen molar-refractivity contribution in [2.24, 2.45) is 11.8 Å². The summed E-state index contributed by atoms with van der Waals surface area (Å²) in [6.45, 7) is 7.83. The smallest absolute Gasteiger partial charge is 0.251 e. The maximum Gasteiger partial charge on any atom is 0.251 e. The summed E-state index contributed by atoms with van der Waals surface area (Å²) in [5.74, 6) is 1.41. The van der Waals surface area contributed by atoms with Crippen molar-refractivity contribution in [1.82, 2.24) is 9.80 Å². The Morgan fingerprint density at radius 1 is 1.00 bits per heavy atom. The third-order valence-electron chi connectivity index (χ3n) is 6.94. The van der Waals surface area contributed by atoms with Gasteiger partial charge in [0.05, 0.1) is 24.8 Å². The first-order valence-electron chi connectivity index (χ1n) is 11.6. The zero-order chi connectivity index (χ0) is 22.0. The number of imide groups is 1. The summed E-state index contributed by atoms with van der Waals surface area (Å²) in [7, 11) is 0. The standard InChI is InChI=1S/C24H33N3O4/c1-3-31-20-6-4-19(5-7-20)27-22(28)16-21(24(27)30)25-14-10-18(11-15-25)23(29)26-12-8-17(2)9-13-26/h4-7,17-18,21H,3,8-16H2,1-2H3/t21-/m1/s1. The SMILES string of the molecule is CCOc1ccc(N2C(=O)C[C@@H](N3CCC(C(=O)N4CCC(C)CC4)CC3)C2=O)cc1. The van der Waals surface area contributed by atoms with Crippen molar-refractivity contribution in [2.75, 3.05) is 37.7 Å². The largest absolute Gasteiger partial charge is 0.494 e. The molecule has 0 unspecified atom stereocenters. The number of hydrogen-bond acceptors (Lipinski definition) is 5. The molecule has 3 amide bonds. The second-order valence-corrected chi connectivity index (χ2v) is 9.03. The summed E-state index contributed by atoms with van der Waals surface area (Å²) in [6.07, 6.45) is 3.89. The fraction of sp³-hybridized carbons (Fsp3) is 0.625. The zero-order valence-corrected chi connectivity index (χ0v) is 18.6. The molecule has 1 atom stereocenters. The van der Waals surface area contributed by atoms with Gasteiger partial charge in [-0.25, -0.2) is 4.90 Å². The third-order valence-corrected chi connectivity index (χ3v) is 6.94. The number of nitrogens with zero attached hydrogens (tertiary/aromatic N) is 3. The van der Waals surface area contributed by atoms with Crippen LogP contribution in [0.1, 0.15) is 46.0 Å². The number of piperidine rings is 2. The Morgan fingerprint density at radius 2 is 1.65 bits per heavy atom. The molecule has 3 saturated heterocycles. The highest BCUT2D eigenvalue weighted by Gasteiger charge is 2.44. The van der Waals surface area contributed by atoms with E-state index < -0.39 is 6.04 Å². The summed E-state index contributed by atoms with van der Waals surface area (Å²) in [6, 6.07) is 6.66. The van der Waals surface area contributed by atoms with E-state index in [-0.39, 0.29) is 30.1 Å². The molecule has 1 aromatic rings. The van der Waals surface area contributed by atoms with Gasteiger partial charge in [-0.3, -0.25) is 19.3 Å². The van der Waals surface area contributed by atoms with Crippen molar-refractivity contribution in [1.29, 1.82) is 0 Å². The number of ether oxygens (including phenoxy) is 1.